The highest BCUT2D eigenvalue weighted by Gasteiger charge is 2.34. The first-order valence-corrected chi connectivity index (χ1v) is 11.8. The van der Waals surface area contributed by atoms with Gasteiger partial charge in [0, 0.05) is 5.56 Å². The number of benzene rings is 2. The lowest BCUT2D eigenvalue weighted by atomic mass is 10.2. The fourth-order valence-electron chi connectivity index (χ4n) is 3.08. The molecule has 7 nitrogen and oxygen atoms in total. The Hall–Kier alpha value is -3.20. The third-order valence-corrected chi connectivity index (χ3v) is 6.52. The number of amidine groups is 1. The number of furan rings is 1. The zero-order chi connectivity index (χ0) is 24.1. The van der Waals surface area contributed by atoms with Gasteiger partial charge in [-0.1, -0.05) is 41.4 Å². The number of nitrogens with zero attached hydrogens (tertiary/aromatic N) is 3. The summed E-state index contributed by atoms with van der Waals surface area (Å²) in [5.41, 5.74) is 1.30. The van der Waals surface area contributed by atoms with E-state index in [4.69, 9.17) is 32.4 Å². The summed E-state index contributed by atoms with van der Waals surface area (Å²) < 4.78 is 10.8. The minimum Gasteiger partial charge on any atom is -0.504 e. The summed E-state index contributed by atoms with van der Waals surface area (Å²) in [4.78, 5) is 15.1. The first kappa shape index (κ1) is 23.9. The number of halogens is 2. The molecule has 1 aliphatic heterocycles. The number of amides is 1. The first-order chi connectivity index (χ1) is 16.5. The van der Waals surface area contributed by atoms with Crippen molar-refractivity contribution in [2.24, 2.45) is 10.2 Å². The van der Waals surface area contributed by atoms with Crippen molar-refractivity contribution in [2.75, 3.05) is 6.61 Å². The van der Waals surface area contributed by atoms with E-state index in [-0.39, 0.29) is 18.2 Å². The van der Waals surface area contributed by atoms with Gasteiger partial charge < -0.3 is 14.3 Å². The van der Waals surface area contributed by atoms with E-state index in [0.717, 1.165) is 0 Å². The molecule has 1 N–H and O–H groups in total. The van der Waals surface area contributed by atoms with E-state index in [1.807, 2.05) is 6.92 Å². The van der Waals surface area contributed by atoms with Crippen LogP contribution in [0.1, 0.15) is 23.8 Å². The molecule has 174 valence electrons. The Labute approximate surface area is 210 Å². The molecule has 0 spiro atoms. The molecule has 2 aromatic carbocycles. The van der Waals surface area contributed by atoms with Gasteiger partial charge in [-0.15, -0.1) is 5.10 Å². The van der Waals surface area contributed by atoms with Crippen molar-refractivity contribution >= 4 is 58.3 Å². The van der Waals surface area contributed by atoms with Gasteiger partial charge in [-0.25, -0.2) is 0 Å². The van der Waals surface area contributed by atoms with Crippen LogP contribution >= 0.6 is 35.0 Å². The van der Waals surface area contributed by atoms with E-state index >= 15 is 0 Å². The minimum atomic E-state index is -0.248. The van der Waals surface area contributed by atoms with Gasteiger partial charge in [-0.3, -0.25) is 9.69 Å². The van der Waals surface area contributed by atoms with Crippen LogP contribution in [-0.2, 0) is 11.3 Å². The van der Waals surface area contributed by atoms with Crippen molar-refractivity contribution in [2.45, 2.75) is 13.5 Å². The lowest BCUT2D eigenvalue weighted by Gasteiger charge is -2.12. The minimum absolute atomic E-state index is 0.0325. The predicted octanol–water partition coefficient (Wildman–Crippen LogP) is 6.20. The standard InChI is InChI=1S/C24H19Cl2N3O4S/c1-2-32-20-11-15(8-9-19(20)30)12-21-23(31)29(14-17-6-4-10-33-17)24(34-21)28-27-13-16-5-3-7-18(25)22(16)26/h3-13,30H,2,14H2,1H3/b21-12-,27-13+,28-24-. The number of phenolic OH excluding ortho intramolecular Hbond substituents is 1. The van der Waals surface area contributed by atoms with Gasteiger partial charge in [0.15, 0.2) is 16.7 Å². The summed E-state index contributed by atoms with van der Waals surface area (Å²) in [6.07, 6.45) is 4.74. The van der Waals surface area contributed by atoms with Crippen molar-refractivity contribution in [1.29, 1.82) is 0 Å². The number of aromatic hydroxyl groups is 1. The van der Waals surface area contributed by atoms with Gasteiger partial charge in [0.1, 0.15) is 5.76 Å². The van der Waals surface area contributed by atoms with Gasteiger partial charge in [0.05, 0.1) is 40.6 Å². The Morgan fingerprint density at radius 3 is 2.82 bits per heavy atom. The number of carbonyl (C=O) groups excluding carboxylic acids is 1. The summed E-state index contributed by atoms with van der Waals surface area (Å²) in [5, 5.41) is 19.5. The Balaban J connectivity index is 1.64. The van der Waals surface area contributed by atoms with E-state index in [1.165, 1.54) is 28.9 Å². The molecule has 0 radical (unpaired) electrons. The molecule has 1 saturated heterocycles. The molecule has 1 aliphatic rings. The number of rotatable bonds is 7. The average Bonchev–Trinajstić information content (AvgIpc) is 3.43. The number of hydrogen-bond donors (Lipinski definition) is 1. The van der Waals surface area contributed by atoms with E-state index in [0.29, 0.717) is 49.4 Å². The zero-order valence-corrected chi connectivity index (χ0v) is 20.3. The number of carbonyl (C=O) groups is 1. The van der Waals surface area contributed by atoms with Gasteiger partial charge in [-0.2, -0.15) is 5.10 Å². The smallest absolute Gasteiger partial charge is 0.267 e. The van der Waals surface area contributed by atoms with Crippen molar-refractivity contribution in [1.82, 2.24) is 4.90 Å². The molecule has 2 heterocycles. The lowest BCUT2D eigenvalue weighted by molar-refractivity contribution is -0.122. The number of thioether (sulfide) groups is 1. The Kier molecular flexibility index (Phi) is 7.62. The molecule has 0 unspecified atom stereocenters. The van der Waals surface area contributed by atoms with Gasteiger partial charge in [0.2, 0.25) is 0 Å². The fraction of sp³-hybridized carbons (Fsp3) is 0.125. The first-order valence-electron chi connectivity index (χ1n) is 10.2. The molecule has 34 heavy (non-hydrogen) atoms. The molecule has 0 bridgehead atoms. The maximum absolute atomic E-state index is 13.2. The van der Waals surface area contributed by atoms with Crippen LogP contribution in [0.5, 0.6) is 11.5 Å². The number of hydrogen-bond acceptors (Lipinski definition) is 7. The molecule has 4 rings (SSSR count). The van der Waals surface area contributed by atoms with Crippen LogP contribution in [0.4, 0.5) is 0 Å². The van der Waals surface area contributed by atoms with Crippen molar-refractivity contribution in [3.8, 4) is 11.5 Å². The zero-order valence-electron chi connectivity index (χ0n) is 17.9. The van der Waals surface area contributed by atoms with E-state index in [1.54, 1.807) is 54.8 Å². The normalized spacial score (nSPS) is 16.3. The van der Waals surface area contributed by atoms with Crippen LogP contribution in [0.25, 0.3) is 6.08 Å². The largest absolute Gasteiger partial charge is 0.504 e. The molecule has 1 fully saturated rings. The van der Waals surface area contributed by atoms with Gasteiger partial charge in [0.25, 0.3) is 5.91 Å². The SMILES string of the molecule is CCOc1cc(/C=C2\S/C(=N\N=C\c3cccc(Cl)c3Cl)N(Cc3ccco3)C2=O)ccc1O. The van der Waals surface area contributed by atoms with Crippen LogP contribution in [0.2, 0.25) is 10.0 Å². The third-order valence-electron chi connectivity index (χ3n) is 4.69. The summed E-state index contributed by atoms with van der Waals surface area (Å²) in [7, 11) is 0. The maximum Gasteiger partial charge on any atom is 0.267 e. The molecule has 1 aromatic heterocycles. The summed E-state index contributed by atoms with van der Waals surface area (Å²) in [5.74, 6) is 0.733. The molecule has 0 aliphatic carbocycles. The molecule has 1 amide bonds. The highest BCUT2D eigenvalue weighted by molar-refractivity contribution is 8.18. The van der Waals surface area contributed by atoms with Crippen LogP contribution in [0.3, 0.4) is 0 Å². The second kappa shape index (κ2) is 10.8. The van der Waals surface area contributed by atoms with Crippen LogP contribution in [0.15, 0.2) is 74.3 Å². The molecule has 0 saturated carbocycles. The van der Waals surface area contributed by atoms with Crippen molar-refractivity contribution in [3.63, 3.8) is 0 Å². The molecular weight excluding hydrogens is 497 g/mol. The fourth-order valence-corrected chi connectivity index (χ4v) is 4.38. The summed E-state index contributed by atoms with van der Waals surface area (Å²) >= 11 is 13.4. The van der Waals surface area contributed by atoms with Gasteiger partial charge in [-0.05, 0) is 60.7 Å². The average molecular weight is 516 g/mol. The third kappa shape index (κ3) is 5.47. The van der Waals surface area contributed by atoms with E-state index in [9.17, 15) is 9.90 Å². The number of ether oxygens (including phenoxy) is 1. The summed E-state index contributed by atoms with van der Waals surface area (Å²) in [6, 6.07) is 13.6. The Morgan fingerprint density at radius 2 is 2.06 bits per heavy atom. The molecule has 0 atom stereocenters. The van der Waals surface area contributed by atoms with Gasteiger partial charge >= 0.3 is 0 Å². The molecule has 10 heteroatoms. The molecular formula is C24H19Cl2N3O4S. The Bertz CT molecular complexity index is 1290. The number of phenols is 1. The monoisotopic (exact) mass is 515 g/mol. The van der Waals surface area contributed by atoms with Crippen molar-refractivity contribution < 1.29 is 19.1 Å². The second-order valence-electron chi connectivity index (χ2n) is 7.01. The second-order valence-corrected chi connectivity index (χ2v) is 8.81. The topological polar surface area (TPSA) is 87.6 Å². The molecule has 3 aromatic rings. The maximum atomic E-state index is 13.2. The lowest BCUT2D eigenvalue weighted by Crippen LogP contribution is -2.28. The quantitative estimate of drug-likeness (QED) is 0.230. The predicted molar refractivity (Wildman–Crippen MR) is 136 cm³/mol. The highest BCUT2D eigenvalue weighted by atomic mass is 35.5. The van der Waals surface area contributed by atoms with E-state index in [2.05, 4.69) is 10.2 Å². The van der Waals surface area contributed by atoms with Crippen LogP contribution in [-0.4, -0.2) is 33.9 Å². The van der Waals surface area contributed by atoms with Crippen LogP contribution < -0.4 is 4.74 Å². The van der Waals surface area contributed by atoms with E-state index < -0.39 is 0 Å². The summed E-state index contributed by atoms with van der Waals surface area (Å²) in [6.45, 7) is 2.43. The highest BCUT2D eigenvalue weighted by Crippen LogP contribution is 2.35. The van der Waals surface area contributed by atoms with Crippen molar-refractivity contribution in [3.05, 3.63) is 86.6 Å². The van der Waals surface area contributed by atoms with Crippen LogP contribution in [0, 0.1) is 0 Å². The Morgan fingerprint density at radius 1 is 1.21 bits per heavy atom.